The third-order valence-corrected chi connectivity index (χ3v) is 5.65. The Labute approximate surface area is 123 Å². The lowest BCUT2D eigenvalue weighted by molar-refractivity contribution is -0.153. The van der Waals surface area contributed by atoms with Crippen LogP contribution in [-0.2, 0) is 4.79 Å². The molecule has 0 bridgehead atoms. The summed E-state index contributed by atoms with van der Waals surface area (Å²) in [7, 11) is 0. The largest absolute Gasteiger partial charge is 0.480 e. The number of carboxylic acids is 1. The third-order valence-electron chi connectivity index (χ3n) is 5.65. The highest BCUT2D eigenvalue weighted by Crippen LogP contribution is 2.45. The van der Waals surface area contributed by atoms with Crippen LogP contribution in [0.25, 0.3) is 0 Å². The van der Waals surface area contributed by atoms with E-state index in [1.807, 2.05) is 0 Å². The molecule has 0 aromatic rings. The molecule has 3 nitrogen and oxygen atoms in total. The first-order valence-electron chi connectivity index (χ1n) is 8.32. The van der Waals surface area contributed by atoms with Gasteiger partial charge in [-0.2, -0.15) is 0 Å². The van der Waals surface area contributed by atoms with Crippen LogP contribution in [0.2, 0.25) is 0 Å². The first kappa shape index (κ1) is 15.8. The predicted octanol–water partition coefficient (Wildman–Crippen LogP) is 3.92. The second-order valence-electron chi connectivity index (χ2n) is 7.84. The van der Waals surface area contributed by atoms with Crippen LogP contribution in [0.3, 0.4) is 0 Å². The second-order valence-corrected chi connectivity index (χ2v) is 7.84. The normalized spacial score (nSPS) is 38.0. The van der Waals surface area contributed by atoms with Crippen LogP contribution < -0.4 is 0 Å². The van der Waals surface area contributed by atoms with Gasteiger partial charge in [0.2, 0.25) is 0 Å². The SMILES string of the molecule is CCCC1(C(=O)O)CCCN1C1CCC(C)(C)CC1C. The smallest absolute Gasteiger partial charge is 0.324 e. The zero-order valence-electron chi connectivity index (χ0n) is 13.6. The zero-order chi connectivity index (χ0) is 15.0. The lowest BCUT2D eigenvalue weighted by Gasteiger charge is -2.48. The van der Waals surface area contributed by atoms with Crippen molar-refractivity contribution in [1.82, 2.24) is 4.90 Å². The molecule has 3 unspecified atom stereocenters. The molecule has 20 heavy (non-hydrogen) atoms. The molecule has 1 saturated heterocycles. The van der Waals surface area contributed by atoms with E-state index >= 15 is 0 Å². The van der Waals surface area contributed by atoms with E-state index in [0.717, 1.165) is 38.6 Å². The lowest BCUT2D eigenvalue weighted by Crippen LogP contribution is -2.57. The standard InChI is InChI=1S/C17H31NO2/c1-5-8-17(15(19)20)9-6-11-18(17)14-7-10-16(3,4)12-13(14)2/h13-14H,5-12H2,1-4H3,(H,19,20). The monoisotopic (exact) mass is 281 g/mol. The third kappa shape index (κ3) is 2.74. The van der Waals surface area contributed by atoms with E-state index in [1.165, 1.54) is 12.8 Å². The van der Waals surface area contributed by atoms with E-state index in [-0.39, 0.29) is 0 Å². The molecule has 116 valence electrons. The maximum atomic E-state index is 12.0. The van der Waals surface area contributed by atoms with Crippen molar-refractivity contribution >= 4 is 5.97 Å². The number of rotatable bonds is 4. The van der Waals surface area contributed by atoms with E-state index in [4.69, 9.17) is 0 Å². The zero-order valence-corrected chi connectivity index (χ0v) is 13.6. The molecule has 0 spiro atoms. The Morgan fingerprint density at radius 2 is 2.05 bits per heavy atom. The van der Waals surface area contributed by atoms with Gasteiger partial charge in [0.1, 0.15) is 5.54 Å². The summed E-state index contributed by atoms with van der Waals surface area (Å²) < 4.78 is 0. The van der Waals surface area contributed by atoms with Crippen LogP contribution in [0.1, 0.15) is 72.6 Å². The van der Waals surface area contributed by atoms with Gasteiger partial charge in [-0.05, 0) is 56.4 Å². The Hall–Kier alpha value is -0.570. The maximum Gasteiger partial charge on any atom is 0.324 e. The Kier molecular flexibility index (Phi) is 4.48. The van der Waals surface area contributed by atoms with Gasteiger partial charge in [0.15, 0.2) is 0 Å². The highest BCUT2D eigenvalue weighted by molar-refractivity contribution is 5.79. The van der Waals surface area contributed by atoms with Gasteiger partial charge >= 0.3 is 5.97 Å². The van der Waals surface area contributed by atoms with Crippen LogP contribution in [-0.4, -0.2) is 34.1 Å². The lowest BCUT2D eigenvalue weighted by atomic mass is 9.69. The van der Waals surface area contributed by atoms with Crippen molar-refractivity contribution in [3.05, 3.63) is 0 Å². The van der Waals surface area contributed by atoms with Crippen LogP contribution in [0.15, 0.2) is 0 Å². The number of likely N-dealkylation sites (tertiary alicyclic amines) is 1. The molecule has 1 heterocycles. The van der Waals surface area contributed by atoms with Gasteiger partial charge in [0, 0.05) is 6.04 Å². The minimum absolute atomic E-state index is 0.423. The van der Waals surface area contributed by atoms with Gasteiger partial charge in [0.05, 0.1) is 0 Å². The molecule has 0 aromatic heterocycles. The number of carboxylic acid groups (broad SMARTS) is 1. The van der Waals surface area contributed by atoms with E-state index in [9.17, 15) is 9.90 Å². The van der Waals surface area contributed by atoms with Crippen molar-refractivity contribution in [1.29, 1.82) is 0 Å². The van der Waals surface area contributed by atoms with E-state index < -0.39 is 11.5 Å². The van der Waals surface area contributed by atoms with Gasteiger partial charge in [-0.1, -0.05) is 34.1 Å². The van der Waals surface area contributed by atoms with Gasteiger partial charge < -0.3 is 5.11 Å². The highest BCUT2D eigenvalue weighted by atomic mass is 16.4. The Balaban J connectivity index is 2.20. The number of hydrogen-bond donors (Lipinski definition) is 1. The fourth-order valence-electron chi connectivity index (χ4n) is 4.80. The average Bonchev–Trinajstić information content (AvgIpc) is 2.73. The maximum absolute atomic E-state index is 12.0. The Bertz CT molecular complexity index is 366. The minimum Gasteiger partial charge on any atom is -0.480 e. The fraction of sp³-hybridized carbons (Fsp3) is 0.941. The molecule has 1 saturated carbocycles. The highest BCUT2D eigenvalue weighted by Gasteiger charge is 2.51. The molecular formula is C17H31NO2. The molecule has 3 heteroatoms. The number of nitrogens with zero attached hydrogens (tertiary/aromatic N) is 1. The van der Waals surface area contributed by atoms with Crippen LogP contribution in [0.5, 0.6) is 0 Å². The summed E-state index contributed by atoms with van der Waals surface area (Å²) >= 11 is 0. The summed E-state index contributed by atoms with van der Waals surface area (Å²) in [5, 5.41) is 9.84. The first-order chi connectivity index (χ1) is 9.32. The predicted molar refractivity (Wildman–Crippen MR) is 81.8 cm³/mol. The van der Waals surface area contributed by atoms with Gasteiger partial charge in [-0.3, -0.25) is 9.69 Å². The molecule has 3 atom stereocenters. The Morgan fingerprint density at radius 1 is 1.35 bits per heavy atom. The molecule has 1 aliphatic carbocycles. The molecule has 0 aromatic carbocycles. The molecule has 2 rings (SSSR count). The van der Waals surface area contributed by atoms with Crippen molar-refractivity contribution in [2.45, 2.75) is 84.2 Å². The van der Waals surface area contributed by atoms with Crippen LogP contribution >= 0.6 is 0 Å². The first-order valence-corrected chi connectivity index (χ1v) is 8.32. The molecular weight excluding hydrogens is 250 g/mol. The quantitative estimate of drug-likeness (QED) is 0.849. The molecule has 1 N–H and O–H groups in total. The molecule has 2 aliphatic rings. The van der Waals surface area contributed by atoms with Gasteiger partial charge in [0.25, 0.3) is 0 Å². The minimum atomic E-state index is -0.589. The van der Waals surface area contributed by atoms with Crippen molar-refractivity contribution in [3.8, 4) is 0 Å². The molecule has 0 radical (unpaired) electrons. The van der Waals surface area contributed by atoms with Crippen LogP contribution in [0.4, 0.5) is 0 Å². The summed E-state index contributed by atoms with van der Waals surface area (Å²) in [6, 6.07) is 0.466. The summed E-state index contributed by atoms with van der Waals surface area (Å²) in [6.45, 7) is 10.1. The van der Waals surface area contributed by atoms with Crippen molar-refractivity contribution < 1.29 is 9.90 Å². The number of hydrogen-bond acceptors (Lipinski definition) is 2. The molecule has 1 aliphatic heterocycles. The van der Waals surface area contributed by atoms with Crippen molar-refractivity contribution in [3.63, 3.8) is 0 Å². The van der Waals surface area contributed by atoms with Gasteiger partial charge in [-0.25, -0.2) is 0 Å². The summed E-state index contributed by atoms with van der Waals surface area (Å²) in [6.07, 6.45) is 7.23. The van der Waals surface area contributed by atoms with E-state index in [2.05, 4.69) is 32.6 Å². The fourth-order valence-corrected chi connectivity index (χ4v) is 4.80. The van der Waals surface area contributed by atoms with Crippen molar-refractivity contribution in [2.75, 3.05) is 6.54 Å². The topological polar surface area (TPSA) is 40.5 Å². The molecule has 2 fully saturated rings. The second kappa shape index (κ2) is 5.67. The number of carbonyl (C=O) groups is 1. The van der Waals surface area contributed by atoms with Crippen molar-refractivity contribution in [2.24, 2.45) is 11.3 Å². The average molecular weight is 281 g/mol. The van der Waals surface area contributed by atoms with Crippen LogP contribution in [0, 0.1) is 11.3 Å². The Morgan fingerprint density at radius 3 is 2.60 bits per heavy atom. The van der Waals surface area contributed by atoms with Gasteiger partial charge in [-0.15, -0.1) is 0 Å². The number of aliphatic carboxylic acids is 1. The molecule has 0 amide bonds. The van der Waals surface area contributed by atoms with E-state index in [1.54, 1.807) is 0 Å². The summed E-state index contributed by atoms with van der Waals surface area (Å²) in [4.78, 5) is 14.3. The van der Waals surface area contributed by atoms with E-state index in [0.29, 0.717) is 17.4 Å². The summed E-state index contributed by atoms with van der Waals surface area (Å²) in [5.41, 5.74) is -0.151. The summed E-state index contributed by atoms with van der Waals surface area (Å²) in [5.74, 6) is 0.0151.